The zero-order valence-electron chi connectivity index (χ0n) is 19.3. The maximum atomic E-state index is 12.8. The van der Waals surface area contributed by atoms with Crippen molar-refractivity contribution in [2.45, 2.75) is 52.8 Å². The number of fused-ring (bicyclic) bond motifs is 1. The molecule has 3 rings (SSSR count). The van der Waals surface area contributed by atoms with Crippen molar-refractivity contribution in [2.75, 3.05) is 0 Å². The third-order valence-electron chi connectivity index (χ3n) is 4.78. The Bertz CT molecular complexity index is 1340. The molecule has 1 heterocycles. The van der Waals surface area contributed by atoms with Crippen LogP contribution in [0.2, 0.25) is 0 Å². The van der Waals surface area contributed by atoms with E-state index in [2.05, 4.69) is 5.10 Å². The summed E-state index contributed by atoms with van der Waals surface area (Å²) >= 11 is 0. The van der Waals surface area contributed by atoms with E-state index < -0.39 is 21.9 Å². The van der Waals surface area contributed by atoms with Gasteiger partial charge in [0.15, 0.2) is 0 Å². The molecule has 1 amide bonds. The Hall–Kier alpha value is -3.24. The first-order valence-electron chi connectivity index (χ1n) is 10.4. The normalized spacial score (nSPS) is 12.2. The third kappa shape index (κ3) is 5.58. The number of carbonyl (C=O) groups excluding carboxylic acids is 1. The number of ether oxygens (including phenoxy) is 1. The Morgan fingerprint density at radius 3 is 2.18 bits per heavy atom. The number of nitrogens with zero attached hydrogens (tertiary/aromatic N) is 3. The number of amides is 1. The van der Waals surface area contributed by atoms with Crippen LogP contribution in [0.3, 0.4) is 0 Å². The molecule has 176 valence electrons. The van der Waals surface area contributed by atoms with E-state index in [1.54, 1.807) is 57.2 Å². The molecule has 0 atom stereocenters. The molecule has 0 spiro atoms. The topological polar surface area (TPSA) is 125 Å². The van der Waals surface area contributed by atoms with E-state index >= 15 is 0 Å². The van der Waals surface area contributed by atoms with Gasteiger partial charge in [0.25, 0.3) is 5.56 Å². The second kappa shape index (κ2) is 8.95. The van der Waals surface area contributed by atoms with Crippen LogP contribution >= 0.6 is 0 Å². The van der Waals surface area contributed by atoms with Crippen LogP contribution in [-0.2, 0) is 21.5 Å². The quantitative estimate of drug-likeness (QED) is 0.605. The highest BCUT2D eigenvalue weighted by atomic mass is 32.2. The summed E-state index contributed by atoms with van der Waals surface area (Å²) in [6.45, 7) is 8.38. The standard InChI is InChI=1S/C23H28N4O5S/c1-15(2)27-21(28)19-9-7-6-8-18(19)20(25-27)17-12-10-16(11-13-17)14-26(33(24,30)31)22(29)32-23(3,4)5/h6-13,15H,14H2,1-5H3,(H2,24,30,31). The highest BCUT2D eigenvalue weighted by Crippen LogP contribution is 2.26. The smallest absolute Gasteiger partial charge is 0.425 e. The summed E-state index contributed by atoms with van der Waals surface area (Å²) in [5.41, 5.74) is 0.850. The van der Waals surface area contributed by atoms with Crippen molar-refractivity contribution in [1.82, 2.24) is 14.1 Å². The van der Waals surface area contributed by atoms with Gasteiger partial charge < -0.3 is 4.74 Å². The first kappa shape index (κ1) is 24.4. The van der Waals surface area contributed by atoms with Crippen LogP contribution in [0.25, 0.3) is 22.0 Å². The van der Waals surface area contributed by atoms with Crippen LogP contribution in [0, 0.1) is 0 Å². The number of nitrogens with two attached hydrogens (primary N) is 1. The van der Waals surface area contributed by atoms with Crippen molar-refractivity contribution in [1.29, 1.82) is 0 Å². The molecule has 2 aromatic carbocycles. The SMILES string of the molecule is CC(C)n1nc(-c2ccc(CN(C(=O)OC(C)(C)C)S(N)(=O)=O)cc2)c2ccccc2c1=O. The highest BCUT2D eigenvalue weighted by molar-refractivity contribution is 7.87. The van der Waals surface area contributed by atoms with E-state index in [4.69, 9.17) is 9.88 Å². The highest BCUT2D eigenvalue weighted by Gasteiger charge is 2.29. The van der Waals surface area contributed by atoms with Crippen LogP contribution in [0.15, 0.2) is 53.3 Å². The third-order valence-corrected chi connectivity index (χ3v) is 5.67. The zero-order chi connectivity index (χ0) is 24.6. The van der Waals surface area contributed by atoms with Gasteiger partial charge in [-0.15, -0.1) is 0 Å². The minimum absolute atomic E-state index is 0.128. The molecular formula is C23H28N4O5S. The Balaban J connectivity index is 1.99. The van der Waals surface area contributed by atoms with Gasteiger partial charge in [-0.1, -0.05) is 42.5 Å². The molecule has 1 aromatic heterocycles. The van der Waals surface area contributed by atoms with E-state index in [-0.39, 0.29) is 18.1 Å². The summed E-state index contributed by atoms with van der Waals surface area (Å²) in [5.74, 6) is 0. The van der Waals surface area contributed by atoms with Gasteiger partial charge in [0.2, 0.25) is 0 Å². The van der Waals surface area contributed by atoms with Crippen molar-refractivity contribution >= 4 is 27.1 Å². The molecule has 0 aliphatic rings. The second-order valence-electron chi connectivity index (χ2n) is 8.97. The van der Waals surface area contributed by atoms with Gasteiger partial charge in [-0.3, -0.25) is 4.79 Å². The van der Waals surface area contributed by atoms with Gasteiger partial charge in [-0.25, -0.2) is 14.6 Å². The lowest BCUT2D eigenvalue weighted by molar-refractivity contribution is 0.0381. The summed E-state index contributed by atoms with van der Waals surface area (Å²) in [7, 11) is -4.34. The predicted octanol–water partition coefficient (Wildman–Crippen LogP) is 3.59. The molecular weight excluding hydrogens is 444 g/mol. The molecule has 0 fully saturated rings. The largest absolute Gasteiger partial charge is 0.443 e. The zero-order valence-corrected chi connectivity index (χ0v) is 20.1. The predicted molar refractivity (Wildman–Crippen MR) is 127 cm³/mol. The molecule has 0 radical (unpaired) electrons. The van der Waals surface area contributed by atoms with Gasteiger partial charge in [0, 0.05) is 10.9 Å². The fourth-order valence-electron chi connectivity index (χ4n) is 3.27. The van der Waals surface area contributed by atoms with E-state index in [0.717, 1.165) is 5.56 Å². The maximum Gasteiger partial charge on any atom is 0.425 e. The second-order valence-corrected chi connectivity index (χ2v) is 10.4. The number of hydrogen-bond acceptors (Lipinski definition) is 6. The number of aromatic nitrogens is 2. The minimum atomic E-state index is -4.34. The van der Waals surface area contributed by atoms with Crippen LogP contribution in [0.4, 0.5) is 4.79 Å². The Morgan fingerprint density at radius 2 is 1.67 bits per heavy atom. The summed E-state index contributed by atoms with van der Waals surface area (Å²) in [5, 5.41) is 11.1. The molecule has 2 N–H and O–H groups in total. The molecule has 0 bridgehead atoms. The average Bonchev–Trinajstić information content (AvgIpc) is 2.70. The Morgan fingerprint density at radius 1 is 1.09 bits per heavy atom. The van der Waals surface area contributed by atoms with Gasteiger partial charge >= 0.3 is 16.3 Å². The fourth-order valence-corrected chi connectivity index (χ4v) is 3.85. The van der Waals surface area contributed by atoms with E-state index in [0.29, 0.717) is 26.3 Å². The van der Waals surface area contributed by atoms with Crippen LogP contribution < -0.4 is 10.7 Å². The molecule has 0 aliphatic carbocycles. The van der Waals surface area contributed by atoms with Crippen molar-refractivity contribution in [2.24, 2.45) is 5.14 Å². The van der Waals surface area contributed by atoms with Gasteiger partial charge in [0.05, 0.1) is 23.7 Å². The first-order chi connectivity index (χ1) is 15.3. The molecule has 3 aromatic rings. The lowest BCUT2D eigenvalue weighted by Gasteiger charge is -2.25. The van der Waals surface area contributed by atoms with Gasteiger partial charge in [-0.2, -0.15) is 17.8 Å². The molecule has 0 aliphatic heterocycles. The monoisotopic (exact) mass is 472 g/mol. The van der Waals surface area contributed by atoms with Crippen LogP contribution in [0.1, 0.15) is 46.2 Å². The van der Waals surface area contributed by atoms with Crippen molar-refractivity contribution in [3.63, 3.8) is 0 Å². The van der Waals surface area contributed by atoms with Gasteiger partial charge in [0.1, 0.15) is 5.60 Å². The van der Waals surface area contributed by atoms with Gasteiger partial charge in [-0.05, 0) is 46.2 Å². The lowest BCUT2D eigenvalue weighted by Crippen LogP contribution is -2.43. The molecule has 0 saturated heterocycles. The fraction of sp³-hybridized carbons (Fsp3) is 0.348. The minimum Gasteiger partial charge on any atom is -0.443 e. The molecule has 0 unspecified atom stereocenters. The summed E-state index contributed by atoms with van der Waals surface area (Å²) in [6.07, 6.45) is -1.05. The molecule has 9 nitrogen and oxygen atoms in total. The van der Waals surface area contributed by atoms with Crippen molar-refractivity contribution in [3.8, 4) is 11.3 Å². The van der Waals surface area contributed by atoms with E-state index in [1.807, 2.05) is 26.0 Å². The first-order valence-corrected chi connectivity index (χ1v) is 11.9. The molecule has 0 saturated carbocycles. The van der Waals surface area contributed by atoms with Crippen molar-refractivity contribution in [3.05, 3.63) is 64.4 Å². The number of benzene rings is 2. The van der Waals surface area contributed by atoms with E-state index in [1.165, 1.54) is 4.68 Å². The number of hydrogen-bond donors (Lipinski definition) is 1. The van der Waals surface area contributed by atoms with Crippen LogP contribution in [0.5, 0.6) is 0 Å². The molecule has 33 heavy (non-hydrogen) atoms. The Kier molecular flexibility index (Phi) is 6.62. The van der Waals surface area contributed by atoms with E-state index in [9.17, 15) is 18.0 Å². The summed E-state index contributed by atoms with van der Waals surface area (Å²) in [6, 6.07) is 14.0. The summed E-state index contributed by atoms with van der Waals surface area (Å²) < 4.78 is 31.1. The molecule has 10 heteroatoms. The average molecular weight is 473 g/mol. The number of carbonyl (C=O) groups is 1. The Labute approximate surface area is 193 Å². The van der Waals surface area contributed by atoms with Crippen molar-refractivity contribution < 1.29 is 17.9 Å². The number of rotatable bonds is 5. The maximum absolute atomic E-state index is 12.8. The lowest BCUT2D eigenvalue weighted by atomic mass is 10.0. The summed E-state index contributed by atoms with van der Waals surface area (Å²) in [4.78, 5) is 25.1. The van der Waals surface area contributed by atoms with Crippen LogP contribution in [-0.4, -0.2) is 34.2 Å².